The Hall–Kier alpha value is -1.62. The number of hydrogen-bond acceptors (Lipinski definition) is 2. The first kappa shape index (κ1) is 10.5. The van der Waals surface area contributed by atoms with E-state index in [2.05, 4.69) is 20.9 Å². The van der Waals surface area contributed by atoms with Gasteiger partial charge in [-0.2, -0.15) is 4.98 Å². The molecule has 5 heteroatoms. The molecule has 3 aromatic rings. The van der Waals surface area contributed by atoms with Crippen molar-refractivity contribution in [1.29, 1.82) is 0 Å². The highest BCUT2D eigenvalue weighted by Gasteiger charge is 2.16. The van der Waals surface area contributed by atoms with Gasteiger partial charge < -0.3 is 4.42 Å². The number of nitrogens with zero attached hydrogens (tertiary/aromatic N) is 2. The van der Waals surface area contributed by atoms with Crippen LogP contribution in [0.5, 0.6) is 0 Å². The standard InChI is InChI=1S/C12H8BrFN2O/c1-7-2-3-8(9(14)6-7)10-11(13)16-4-5-17-12(16)15-10/h2-6H,1H3. The van der Waals surface area contributed by atoms with Gasteiger partial charge in [-0.1, -0.05) is 6.07 Å². The van der Waals surface area contributed by atoms with Crippen molar-refractivity contribution in [2.45, 2.75) is 6.92 Å². The second kappa shape index (κ2) is 3.70. The molecular weight excluding hydrogens is 287 g/mol. The number of hydrogen-bond donors (Lipinski definition) is 0. The lowest BCUT2D eigenvalue weighted by atomic mass is 10.1. The summed E-state index contributed by atoms with van der Waals surface area (Å²) in [6.45, 7) is 1.85. The lowest BCUT2D eigenvalue weighted by Crippen LogP contribution is -1.87. The van der Waals surface area contributed by atoms with E-state index in [1.54, 1.807) is 16.7 Å². The fourth-order valence-corrected chi connectivity index (χ4v) is 2.31. The van der Waals surface area contributed by atoms with Gasteiger partial charge in [0.2, 0.25) is 0 Å². The summed E-state index contributed by atoms with van der Waals surface area (Å²) in [4.78, 5) is 4.24. The molecule has 2 heterocycles. The van der Waals surface area contributed by atoms with Crippen LogP contribution in [0.1, 0.15) is 5.56 Å². The number of imidazole rings is 1. The van der Waals surface area contributed by atoms with Crippen molar-refractivity contribution < 1.29 is 8.81 Å². The molecule has 0 radical (unpaired) electrons. The molecule has 0 saturated heterocycles. The van der Waals surface area contributed by atoms with Crippen molar-refractivity contribution >= 4 is 21.8 Å². The molecular formula is C12H8BrFN2O. The van der Waals surface area contributed by atoms with E-state index in [-0.39, 0.29) is 5.82 Å². The molecule has 0 spiro atoms. The van der Waals surface area contributed by atoms with E-state index < -0.39 is 0 Å². The van der Waals surface area contributed by atoms with Crippen LogP contribution in [0.4, 0.5) is 4.39 Å². The monoisotopic (exact) mass is 294 g/mol. The molecule has 0 N–H and O–H groups in total. The van der Waals surface area contributed by atoms with E-state index in [4.69, 9.17) is 4.42 Å². The largest absolute Gasteiger partial charge is 0.432 e. The van der Waals surface area contributed by atoms with Crippen LogP contribution >= 0.6 is 15.9 Å². The Labute approximate surface area is 105 Å². The van der Waals surface area contributed by atoms with Gasteiger partial charge in [-0.25, -0.2) is 4.39 Å². The number of fused-ring (bicyclic) bond motifs is 1. The van der Waals surface area contributed by atoms with Gasteiger partial charge in [-0.15, -0.1) is 0 Å². The van der Waals surface area contributed by atoms with Gasteiger partial charge in [-0.05, 0) is 40.5 Å². The van der Waals surface area contributed by atoms with Crippen LogP contribution in [-0.2, 0) is 0 Å². The van der Waals surface area contributed by atoms with Gasteiger partial charge in [0.15, 0.2) is 0 Å². The third kappa shape index (κ3) is 1.58. The topological polar surface area (TPSA) is 30.4 Å². The highest BCUT2D eigenvalue weighted by atomic mass is 79.9. The number of rotatable bonds is 1. The maximum atomic E-state index is 13.9. The zero-order valence-electron chi connectivity index (χ0n) is 8.95. The van der Waals surface area contributed by atoms with Crippen molar-refractivity contribution in [2.24, 2.45) is 0 Å². The maximum Gasteiger partial charge on any atom is 0.307 e. The Bertz CT molecular complexity index is 702. The van der Waals surface area contributed by atoms with E-state index in [1.807, 2.05) is 13.0 Å². The summed E-state index contributed by atoms with van der Waals surface area (Å²) in [6, 6.07) is 5.06. The third-order valence-corrected chi connectivity index (χ3v) is 3.34. The van der Waals surface area contributed by atoms with Crippen molar-refractivity contribution in [2.75, 3.05) is 0 Å². The van der Waals surface area contributed by atoms with Gasteiger partial charge in [0.25, 0.3) is 0 Å². The number of aryl methyl sites for hydroxylation is 1. The molecule has 0 atom stereocenters. The van der Waals surface area contributed by atoms with Crippen LogP contribution in [0.25, 0.3) is 17.1 Å². The normalized spacial score (nSPS) is 11.2. The molecule has 1 aromatic carbocycles. The highest BCUT2D eigenvalue weighted by molar-refractivity contribution is 9.10. The fraction of sp³-hybridized carbons (Fsp3) is 0.0833. The van der Waals surface area contributed by atoms with Crippen LogP contribution in [0, 0.1) is 12.7 Å². The maximum absolute atomic E-state index is 13.9. The molecule has 3 rings (SSSR count). The molecule has 3 nitrogen and oxygen atoms in total. The average Bonchev–Trinajstić information content (AvgIpc) is 2.83. The lowest BCUT2D eigenvalue weighted by molar-refractivity contribution is 0.595. The Kier molecular flexibility index (Phi) is 2.29. The van der Waals surface area contributed by atoms with Crippen LogP contribution in [0.15, 0.2) is 39.7 Å². The van der Waals surface area contributed by atoms with E-state index in [0.717, 1.165) is 5.56 Å². The van der Waals surface area contributed by atoms with Gasteiger partial charge in [0.05, 0.1) is 0 Å². The second-order valence-corrected chi connectivity index (χ2v) is 4.54. The SMILES string of the molecule is Cc1ccc(-c2nc3occn3c2Br)c(F)c1. The summed E-state index contributed by atoms with van der Waals surface area (Å²) < 4.78 is 21.4. The molecule has 0 aliphatic carbocycles. The van der Waals surface area contributed by atoms with E-state index in [9.17, 15) is 4.39 Å². The second-order valence-electron chi connectivity index (χ2n) is 3.79. The Balaban J connectivity index is 2.26. The molecule has 0 aliphatic heterocycles. The molecule has 0 aliphatic rings. The van der Waals surface area contributed by atoms with Gasteiger partial charge in [-0.3, -0.25) is 4.40 Å². The smallest absolute Gasteiger partial charge is 0.307 e. The first-order valence-corrected chi connectivity index (χ1v) is 5.83. The van der Waals surface area contributed by atoms with E-state index in [1.165, 1.54) is 12.3 Å². The molecule has 86 valence electrons. The van der Waals surface area contributed by atoms with Crippen LogP contribution in [-0.4, -0.2) is 9.38 Å². The minimum Gasteiger partial charge on any atom is -0.432 e. The summed E-state index contributed by atoms with van der Waals surface area (Å²) in [7, 11) is 0. The predicted molar refractivity (Wildman–Crippen MR) is 65.3 cm³/mol. The van der Waals surface area contributed by atoms with Crippen molar-refractivity contribution in [3.05, 3.63) is 46.6 Å². The number of halogens is 2. The summed E-state index contributed by atoms with van der Waals surface area (Å²) in [5.41, 5.74) is 1.88. The quantitative estimate of drug-likeness (QED) is 0.683. The van der Waals surface area contributed by atoms with Crippen LogP contribution in [0.2, 0.25) is 0 Å². The molecule has 0 bridgehead atoms. The van der Waals surface area contributed by atoms with Gasteiger partial charge >= 0.3 is 5.84 Å². The minimum absolute atomic E-state index is 0.286. The zero-order valence-corrected chi connectivity index (χ0v) is 10.5. The third-order valence-electron chi connectivity index (χ3n) is 2.58. The lowest BCUT2D eigenvalue weighted by Gasteiger charge is -2.01. The van der Waals surface area contributed by atoms with Crippen molar-refractivity contribution in [3.8, 4) is 11.3 Å². The number of aromatic nitrogens is 2. The van der Waals surface area contributed by atoms with Gasteiger partial charge in [0.1, 0.15) is 22.4 Å². The number of oxazole rings is 1. The zero-order chi connectivity index (χ0) is 12.0. The molecule has 0 unspecified atom stereocenters. The van der Waals surface area contributed by atoms with E-state index in [0.29, 0.717) is 21.7 Å². The molecule has 0 amide bonds. The van der Waals surface area contributed by atoms with Crippen LogP contribution < -0.4 is 0 Å². The molecule has 17 heavy (non-hydrogen) atoms. The molecule has 0 fully saturated rings. The first-order valence-electron chi connectivity index (χ1n) is 5.04. The molecule has 2 aromatic heterocycles. The first-order chi connectivity index (χ1) is 8.16. The highest BCUT2D eigenvalue weighted by Crippen LogP contribution is 2.31. The van der Waals surface area contributed by atoms with Gasteiger partial charge in [0, 0.05) is 11.8 Å². The van der Waals surface area contributed by atoms with Crippen molar-refractivity contribution in [1.82, 2.24) is 9.38 Å². The summed E-state index contributed by atoms with van der Waals surface area (Å²) in [5.74, 6) is 0.151. The average molecular weight is 295 g/mol. The van der Waals surface area contributed by atoms with E-state index >= 15 is 0 Å². The predicted octanol–water partition coefficient (Wildman–Crippen LogP) is 3.80. The minimum atomic E-state index is -0.286. The number of benzene rings is 1. The summed E-state index contributed by atoms with van der Waals surface area (Å²) in [5, 5.41) is 0. The Morgan fingerprint density at radius 1 is 1.41 bits per heavy atom. The summed E-state index contributed by atoms with van der Waals surface area (Å²) in [6.07, 6.45) is 3.25. The fourth-order valence-electron chi connectivity index (χ4n) is 1.74. The van der Waals surface area contributed by atoms with Crippen molar-refractivity contribution in [3.63, 3.8) is 0 Å². The Morgan fingerprint density at radius 3 is 2.94 bits per heavy atom. The summed E-state index contributed by atoms with van der Waals surface area (Å²) >= 11 is 3.39. The molecule has 0 saturated carbocycles. The Morgan fingerprint density at radius 2 is 2.24 bits per heavy atom. The van der Waals surface area contributed by atoms with Crippen LogP contribution in [0.3, 0.4) is 0 Å².